The molecule has 0 spiro atoms. The number of non-ortho nitro benzene ring substituents is 1. The van der Waals surface area contributed by atoms with Gasteiger partial charge in [0.05, 0.1) is 22.3 Å². The number of rotatable bonds is 7. The molecule has 0 aliphatic heterocycles. The molecule has 0 radical (unpaired) electrons. The van der Waals surface area contributed by atoms with Gasteiger partial charge in [0.15, 0.2) is 0 Å². The van der Waals surface area contributed by atoms with Crippen LogP contribution in [-0.4, -0.2) is 26.7 Å². The van der Waals surface area contributed by atoms with Gasteiger partial charge in [-0.2, -0.15) is 11.8 Å². The summed E-state index contributed by atoms with van der Waals surface area (Å²) in [5.41, 5.74) is -0.325. The van der Waals surface area contributed by atoms with Crippen molar-refractivity contribution >= 4 is 29.1 Å². The Hall–Kier alpha value is -2.16. The molecule has 0 bridgehead atoms. The lowest BCUT2D eigenvalue weighted by Crippen LogP contribution is -1.99. The van der Waals surface area contributed by atoms with Crippen LogP contribution in [-0.2, 0) is 10.5 Å². The van der Waals surface area contributed by atoms with Crippen LogP contribution in [0.15, 0.2) is 18.2 Å². The Bertz CT molecular complexity index is 519. The number of aliphatic carboxylic acids is 1. The largest absolute Gasteiger partial charge is 0.481 e. The smallest absolute Gasteiger partial charge is 0.304 e. The number of hydrogen-bond acceptors (Lipinski definition) is 6. The molecule has 0 amide bonds. The van der Waals surface area contributed by atoms with Gasteiger partial charge in [-0.1, -0.05) is 0 Å². The van der Waals surface area contributed by atoms with E-state index in [2.05, 4.69) is 0 Å². The van der Waals surface area contributed by atoms with E-state index in [0.717, 1.165) is 6.07 Å². The number of carboxylic acid groups (broad SMARTS) is 1. The molecule has 0 heterocycles. The molecule has 0 aliphatic carbocycles. The van der Waals surface area contributed by atoms with E-state index in [1.54, 1.807) is 0 Å². The van der Waals surface area contributed by atoms with Gasteiger partial charge >= 0.3 is 5.97 Å². The summed E-state index contributed by atoms with van der Waals surface area (Å²) in [4.78, 5) is 30.3. The molecule has 0 aromatic heterocycles. The Morgan fingerprint density at radius 3 is 2.47 bits per heavy atom. The summed E-state index contributed by atoms with van der Waals surface area (Å²) in [7, 11) is 0. The zero-order valence-electron chi connectivity index (χ0n) is 9.64. The fraction of sp³-hybridized carbons (Fsp3) is 0.300. The molecule has 8 nitrogen and oxygen atoms in total. The Morgan fingerprint density at radius 1 is 1.26 bits per heavy atom. The molecule has 9 heteroatoms. The lowest BCUT2D eigenvalue weighted by Gasteiger charge is -2.02. The van der Waals surface area contributed by atoms with Crippen LogP contribution < -0.4 is 0 Å². The summed E-state index contributed by atoms with van der Waals surface area (Å²) >= 11 is 1.23. The van der Waals surface area contributed by atoms with Crippen LogP contribution >= 0.6 is 11.8 Å². The van der Waals surface area contributed by atoms with Crippen molar-refractivity contribution in [1.29, 1.82) is 0 Å². The molecule has 0 saturated carbocycles. The van der Waals surface area contributed by atoms with Crippen molar-refractivity contribution in [2.75, 3.05) is 5.75 Å². The topological polar surface area (TPSA) is 124 Å². The molecule has 1 aromatic carbocycles. The highest BCUT2D eigenvalue weighted by molar-refractivity contribution is 7.98. The average molecular weight is 286 g/mol. The third-order valence-corrected chi connectivity index (χ3v) is 3.20. The standard InChI is InChI=1S/C10H10N2O6S/c13-10(14)3-4-19-6-7-1-2-8(11(15)16)5-9(7)12(17)18/h1-2,5H,3-4,6H2,(H,13,14). The number of nitro benzene ring substituents is 2. The molecule has 0 aliphatic rings. The molecule has 1 aromatic rings. The fourth-order valence-corrected chi connectivity index (χ4v) is 2.23. The second-order valence-electron chi connectivity index (χ2n) is 3.52. The van der Waals surface area contributed by atoms with Crippen LogP contribution in [0.5, 0.6) is 0 Å². The molecule has 19 heavy (non-hydrogen) atoms. The van der Waals surface area contributed by atoms with Gasteiger partial charge in [0, 0.05) is 23.1 Å². The summed E-state index contributed by atoms with van der Waals surface area (Å²) < 4.78 is 0. The lowest BCUT2D eigenvalue weighted by atomic mass is 10.2. The average Bonchev–Trinajstić information content (AvgIpc) is 2.34. The molecule has 1 rings (SSSR count). The maximum absolute atomic E-state index is 10.8. The van der Waals surface area contributed by atoms with E-state index in [4.69, 9.17) is 5.11 Å². The molecular weight excluding hydrogens is 276 g/mol. The summed E-state index contributed by atoms with van der Waals surface area (Å²) in [6, 6.07) is 3.43. The van der Waals surface area contributed by atoms with Crippen molar-refractivity contribution in [3.05, 3.63) is 44.0 Å². The Labute approximate surface area is 111 Å². The van der Waals surface area contributed by atoms with Gasteiger partial charge in [-0.3, -0.25) is 25.0 Å². The van der Waals surface area contributed by atoms with E-state index in [1.807, 2.05) is 0 Å². The summed E-state index contributed by atoms with van der Waals surface area (Å²) in [5, 5.41) is 29.8. The van der Waals surface area contributed by atoms with E-state index in [9.17, 15) is 25.0 Å². The van der Waals surface area contributed by atoms with E-state index in [0.29, 0.717) is 11.3 Å². The Kier molecular flexibility index (Phi) is 5.24. The summed E-state index contributed by atoms with van der Waals surface area (Å²) in [5.74, 6) is -0.379. The monoisotopic (exact) mass is 286 g/mol. The van der Waals surface area contributed by atoms with Crippen LogP contribution in [0.4, 0.5) is 11.4 Å². The fourth-order valence-electron chi connectivity index (χ4n) is 1.30. The minimum Gasteiger partial charge on any atom is -0.481 e. The van der Waals surface area contributed by atoms with Gasteiger partial charge in [-0.05, 0) is 6.07 Å². The van der Waals surface area contributed by atoms with Gasteiger partial charge in [0.2, 0.25) is 0 Å². The van der Waals surface area contributed by atoms with E-state index >= 15 is 0 Å². The predicted octanol–water partition coefficient (Wildman–Crippen LogP) is 2.21. The maximum Gasteiger partial charge on any atom is 0.304 e. The van der Waals surface area contributed by atoms with Gasteiger partial charge in [0.25, 0.3) is 11.4 Å². The molecule has 0 saturated heterocycles. The minimum absolute atomic E-state index is 0.0363. The van der Waals surface area contributed by atoms with Crippen molar-refractivity contribution in [2.45, 2.75) is 12.2 Å². The van der Waals surface area contributed by atoms with Crippen LogP contribution in [0, 0.1) is 20.2 Å². The molecule has 1 N–H and O–H groups in total. The van der Waals surface area contributed by atoms with Crippen molar-refractivity contribution < 1.29 is 19.7 Å². The molecule has 0 fully saturated rings. The summed E-state index contributed by atoms with van der Waals surface area (Å²) in [6.07, 6.45) is -0.0363. The lowest BCUT2D eigenvalue weighted by molar-refractivity contribution is -0.394. The first-order chi connectivity index (χ1) is 8.91. The summed E-state index contributed by atoms with van der Waals surface area (Å²) in [6.45, 7) is 0. The van der Waals surface area contributed by atoms with Crippen LogP contribution in [0.1, 0.15) is 12.0 Å². The second-order valence-corrected chi connectivity index (χ2v) is 4.63. The van der Waals surface area contributed by atoms with Gasteiger partial charge in [-0.15, -0.1) is 0 Å². The van der Waals surface area contributed by atoms with Crippen LogP contribution in [0.3, 0.4) is 0 Å². The number of carboxylic acids is 1. The van der Waals surface area contributed by atoms with Crippen LogP contribution in [0.2, 0.25) is 0 Å². The predicted molar refractivity (Wildman–Crippen MR) is 68.2 cm³/mol. The van der Waals surface area contributed by atoms with E-state index in [1.165, 1.54) is 23.9 Å². The number of nitrogens with zero attached hydrogens (tertiary/aromatic N) is 2. The number of benzene rings is 1. The van der Waals surface area contributed by atoms with Crippen molar-refractivity contribution in [3.63, 3.8) is 0 Å². The molecule has 0 atom stereocenters. The van der Waals surface area contributed by atoms with Crippen molar-refractivity contribution in [2.24, 2.45) is 0 Å². The highest BCUT2D eigenvalue weighted by Crippen LogP contribution is 2.27. The first kappa shape index (κ1) is 14.9. The first-order valence-corrected chi connectivity index (χ1v) is 6.28. The number of hydrogen-bond donors (Lipinski definition) is 1. The van der Waals surface area contributed by atoms with Crippen LogP contribution in [0.25, 0.3) is 0 Å². The van der Waals surface area contributed by atoms with Crippen molar-refractivity contribution in [3.8, 4) is 0 Å². The zero-order valence-corrected chi connectivity index (χ0v) is 10.5. The van der Waals surface area contributed by atoms with E-state index < -0.39 is 15.8 Å². The zero-order chi connectivity index (χ0) is 14.4. The number of carbonyl (C=O) groups is 1. The Balaban J connectivity index is 2.79. The highest BCUT2D eigenvalue weighted by Gasteiger charge is 2.19. The van der Waals surface area contributed by atoms with Crippen molar-refractivity contribution in [1.82, 2.24) is 0 Å². The van der Waals surface area contributed by atoms with E-state index in [-0.39, 0.29) is 23.5 Å². The molecule has 102 valence electrons. The second kappa shape index (κ2) is 6.69. The quantitative estimate of drug-likeness (QED) is 0.463. The Morgan fingerprint density at radius 2 is 1.95 bits per heavy atom. The number of nitro groups is 2. The molecule has 0 unspecified atom stereocenters. The maximum atomic E-state index is 10.8. The third-order valence-electron chi connectivity index (χ3n) is 2.19. The highest BCUT2D eigenvalue weighted by atomic mass is 32.2. The molecular formula is C10H10N2O6S. The van der Waals surface area contributed by atoms with Gasteiger partial charge in [0.1, 0.15) is 0 Å². The minimum atomic E-state index is -0.939. The normalized spacial score (nSPS) is 10.1. The number of thioether (sulfide) groups is 1. The third kappa shape index (κ3) is 4.54. The SMILES string of the molecule is O=C(O)CCSCc1ccc([N+](=O)[O-])cc1[N+](=O)[O-]. The van der Waals surface area contributed by atoms with Gasteiger partial charge < -0.3 is 5.11 Å². The van der Waals surface area contributed by atoms with Gasteiger partial charge in [-0.25, -0.2) is 0 Å². The first-order valence-electron chi connectivity index (χ1n) is 5.13.